The molecule has 1 saturated heterocycles. The van der Waals surface area contributed by atoms with Crippen LogP contribution in [0.5, 0.6) is 0 Å². The number of aryl methyl sites for hydroxylation is 2. The van der Waals surface area contributed by atoms with Crippen molar-refractivity contribution in [3.8, 4) is 5.69 Å². The van der Waals surface area contributed by atoms with Gasteiger partial charge in [0.1, 0.15) is 0 Å². The molecule has 1 aliphatic rings. The van der Waals surface area contributed by atoms with E-state index >= 15 is 0 Å². The van der Waals surface area contributed by atoms with Gasteiger partial charge in [0, 0.05) is 52.1 Å². The Balaban J connectivity index is 1.55. The summed E-state index contributed by atoms with van der Waals surface area (Å²) in [6.07, 6.45) is 1.97. The van der Waals surface area contributed by atoms with Crippen molar-refractivity contribution in [1.82, 2.24) is 4.57 Å². The first-order valence-corrected chi connectivity index (χ1v) is 10.7. The number of morpholine rings is 1. The Bertz CT molecular complexity index is 1030. The molecule has 0 radical (unpaired) electrons. The topological polar surface area (TPSA) is 29.8 Å². The van der Waals surface area contributed by atoms with Gasteiger partial charge in [0.05, 0.1) is 18.9 Å². The summed E-state index contributed by atoms with van der Waals surface area (Å²) in [4.78, 5) is 7.07. The summed E-state index contributed by atoms with van der Waals surface area (Å²) in [6.45, 7) is 9.89. The molecule has 0 amide bonds. The van der Waals surface area contributed by atoms with Gasteiger partial charge in [0.2, 0.25) is 0 Å². The van der Waals surface area contributed by atoms with Crippen LogP contribution in [0.25, 0.3) is 5.69 Å². The smallest absolute Gasteiger partial charge is 0.0642 e. The van der Waals surface area contributed by atoms with Crippen molar-refractivity contribution in [1.29, 1.82) is 0 Å². The maximum absolute atomic E-state index is 5.43. The van der Waals surface area contributed by atoms with Crippen molar-refractivity contribution in [2.45, 2.75) is 20.8 Å². The Hall–Kier alpha value is -2.37. The van der Waals surface area contributed by atoms with Gasteiger partial charge in [-0.25, -0.2) is 0 Å². The van der Waals surface area contributed by atoms with Crippen molar-refractivity contribution >= 4 is 33.5 Å². The van der Waals surface area contributed by atoms with Gasteiger partial charge in [0.15, 0.2) is 0 Å². The van der Waals surface area contributed by atoms with Gasteiger partial charge in [-0.3, -0.25) is 4.99 Å². The van der Waals surface area contributed by atoms with Crippen molar-refractivity contribution in [2.75, 3.05) is 31.2 Å². The van der Waals surface area contributed by atoms with Crippen LogP contribution in [0, 0.1) is 20.8 Å². The van der Waals surface area contributed by atoms with Gasteiger partial charge in [-0.1, -0.05) is 15.9 Å². The number of ether oxygens (including phenoxy) is 1. The molecule has 0 atom stereocenters. The van der Waals surface area contributed by atoms with Crippen LogP contribution in [0.3, 0.4) is 0 Å². The fourth-order valence-corrected chi connectivity index (χ4v) is 4.05. The number of aromatic nitrogens is 1. The van der Waals surface area contributed by atoms with Crippen LogP contribution in [0.15, 0.2) is 58.0 Å². The molecule has 1 aliphatic heterocycles. The highest BCUT2D eigenvalue weighted by molar-refractivity contribution is 9.10. The highest BCUT2D eigenvalue weighted by Gasteiger charge is 2.12. The van der Waals surface area contributed by atoms with Gasteiger partial charge in [-0.15, -0.1) is 0 Å². The highest BCUT2D eigenvalue weighted by Crippen LogP contribution is 2.25. The normalized spacial score (nSPS) is 14.7. The molecule has 0 unspecified atom stereocenters. The Morgan fingerprint density at radius 1 is 0.931 bits per heavy atom. The first-order chi connectivity index (χ1) is 14.0. The molecule has 4 nitrogen and oxygen atoms in total. The van der Waals surface area contributed by atoms with Crippen LogP contribution in [0.1, 0.15) is 22.5 Å². The fourth-order valence-electron chi connectivity index (χ4n) is 3.80. The molecule has 0 N–H and O–H groups in total. The van der Waals surface area contributed by atoms with Crippen LogP contribution in [-0.4, -0.2) is 37.1 Å². The van der Waals surface area contributed by atoms with E-state index in [0.717, 1.165) is 42.0 Å². The van der Waals surface area contributed by atoms with E-state index in [0.29, 0.717) is 0 Å². The molecule has 1 aromatic heterocycles. The zero-order valence-electron chi connectivity index (χ0n) is 17.2. The number of hydrogen-bond acceptors (Lipinski definition) is 3. The molecule has 3 aromatic rings. The highest BCUT2D eigenvalue weighted by atomic mass is 79.9. The summed E-state index contributed by atoms with van der Waals surface area (Å²) in [6, 6.07) is 17.1. The molecule has 0 saturated carbocycles. The zero-order valence-corrected chi connectivity index (χ0v) is 18.7. The molecular formula is C24H26BrN3O. The standard InChI is InChI=1S/C24H26BrN3O/c1-17-14-23(8-9-24(17)25)28-18(2)15-20(19(28)3)16-26-21-4-6-22(7-5-21)27-10-12-29-13-11-27/h4-9,14-16H,10-13H2,1-3H3. The molecular weight excluding hydrogens is 426 g/mol. The van der Waals surface area contributed by atoms with E-state index < -0.39 is 0 Å². The second-order valence-electron chi connectivity index (χ2n) is 7.47. The van der Waals surface area contributed by atoms with Gasteiger partial charge < -0.3 is 14.2 Å². The van der Waals surface area contributed by atoms with E-state index in [4.69, 9.17) is 9.73 Å². The minimum Gasteiger partial charge on any atom is -0.378 e. The lowest BCUT2D eigenvalue weighted by molar-refractivity contribution is 0.122. The summed E-state index contributed by atoms with van der Waals surface area (Å²) in [7, 11) is 0. The molecule has 0 aliphatic carbocycles. The van der Waals surface area contributed by atoms with Gasteiger partial charge in [0.25, 0.3) is 0 Å². The van der Waals surface area contributed by atoms with Crippen LogP contribution in [-0.2, 0) is 4.74 Å². The largest absolute Gasteiger partial charge is 0.378 e. The zero-order chi connectivity index (χ0) is 20.4. The lowest BCUT2D eigenvalue weighted by Gasteiger charge is -2.28. The Morgan fingerprint density at radius 3 is 2.31 bits per heavy atom. The van der Waals surface area contributed by atoms with Crippen LogP contribution >= 0.6 is 15.9 Å². The second kappa shape index (κ2) is 8.56. The van der Waals surface area contributed by atoms with E-state index in [1.165, 1.54) is 28.3 Å². The van der Waals surface area contributed by atoms with E-state index in [-0.39, 0.29) is 0 Å². The van der Waals surface area contributed by atoms with Crippen LogP contribution < -0.4 is 4.90 Å². The molecule has 5 heteroatoms. The van der Waals surface area contributed by atoms with Crippen molar-refractivity contribution in [3.63, 3.8) is 0 Å². The summed E-state index contributed by atoms with van der Waals surface area (Å²) >= 11 is 3.59. The molecule has 0 bridgehead atoms. The molecule has 4 rings (SSSR count). The summed E-state index contributed by atoms with van der Waals surface area (Å²) in [5.74, 6) is 0. The predicted octanol–water partition coefficient (Wildman–Crippen LogP) is 5.75. The lowest BCUT2D eigenvalue weighted by Crippen LogP contribution is -2.36. The Kier molecular flexibility index (Phi) is 5.88. The molecule has 2 heterocycles. The molecule has 0 spiro atoms. The second-order valence-corrected chi connectivity index (χ2v) is 8.32. The van der Waals surface area contributed by atoms with E-state index in [1.807, 2.05) is 6.21 Å². The van der Waals surface area contributed by atoms with Gasteiger partial charge in [-0.2, -0.15) is 0 Å². The lowest BCUT2D eigenvalue weighted by atomic mass is 10.2. The first-order valence-electron chi connectivity index (χ1n) is 9.95. The fraction of sp³-hybridized carbons (Fsp3) is 0.292. The maximum atomic E-state index is 5.43. The minimum atomic E-state index is 0.799. The Labute approximate surface area is 181 Å². The van der Waals surface area contributed by atoms with Gasteiger partial charge >= 0.3 is 0 Å². The maximum Gasteiger partial charge on any atom is 0.0642 e. The monoisotopic (exact) mass is 451 g/mol. The first kappa shape index (κ1) is 19.9. The average Bonchev–Trinajstić information content (AvgIpc) is 3.03. The molecule has 2 aromatic carbocycles. The number of benzene rings is 2. The quantitative estimate of drug-likeness (QED) is 0.472. The third kappa shape index (κ3) is 4.31. The number of nitrogens with zero attached hydrogens (tertiary/aromatic N) is 3. The minimum absolute atomic E-state index is 0.799. The van der Waals surface area contributed by atoms with E-state index in [1.54, 1.807) is 0 Å². The third-order valence-corrected chi connectivity index (χ3v) is 6.34. The van der Waals surface area contributed by atoms with Gasteiger partial charge in [-0.05, 0) is 74.9 Å². The number of aliphatic imine (C=N–C) groups is 1. The van der Waals surface area contributed by atoms with Crippen molar-refractivity contribution < 1.29 is 4.74 Å². The Morgan fingerprint density at radius 2 is 1.62 bits per heavy atom. The van der Waals surface area contributed by atoms with Crippen molar-refractivity contribution in [2.24, 2.45) is 4.99 Å². The summed E-state index contributed by atoms with van der Waals surface area (Å²) < 4.78 is 8.84. The average molecular weight is 452 g/mol. The summed E-state index contributed by atoms with van der Waals surface area (Å²) in [5.41, 5.74) is 8.13. The molecule has 150 valence electrons. The number of hydrogen-bond donors (Lipinski definition) is 0. The summed E-state index contributed by atoms with van der Waals surface area (Å²) in [5, 5.41) is 0. The predicted molar refractivity (Wildman–Crippen MR) is 124 cm³/mol. The van der Waals surface area contributed by atoms with E-state index in [9.17, 15) is 0 Å². The molecule has 1 fully saturated rings. The van der Waals surface area contributed by atoms with Crippen LogP contribution in [0.2, 0.25) is 0 Å². The SMILES string of the molecule is Cc1cc(-n2c(C)cc(C=Nc3ccc(N4CCOCC4)cc3)c2C)ccc1Br. The van der Waals surface area contributed by atoms with E-state index in [2.05, 4.69) is 94.7 Å². The number of rotatable bonds is 4. The third-order valence-electron chi connectivity index (χ3n) is 5.45. The number of halogens is 1. The number of anilines is 1. The molecule has 29 heavy (non-hydrogen) atoms. The van der Waals surface area contributed by atoms with Crippen LogP contribution in [0.4, 0.5) is 11.4 Å². The van der Waals surface area contributed by atoms with Crippen molar-refractivity contribution in [3.05, 3.63) is 75.5 Å².